The maximum absolute atomic E-state index is 13.4. The average molecular weight is 363 g/mol. The Balaban J connectivity index is 1.66. The van der Waals surface area contributed by atoms with Crippen molar-refractivity contribution in [3.05, 3.63) is 29.6 Å². The Morgan fingerprint density at radius 3 is 2.88 bits per heavy atom. The molecule has 0 saturated carbocycles. The van der Waals surface area contributed by atoms with Crippen LogP contribution in [0.2, 0.25) is 0 Å². The zero-order valence-electron chi connectivity index (χ0n) is 15.8. The van der Waals surface area contributed by atoms with Gasteiger partial charge in [0, 0.05) is 31.9 Å². The van der Waals surface area contributed by atoms with Gasteiger partial charge in [0.05, 0.1) is 12.0 Å². The van der Waals surface area contributed by atoms with Crippen LogP contribution < -0.4 is 15.5 Å². The lowest BCUT2D eigenvalue weighted by atomic mass is 9.78. The molecule has 26 heavy (non-hydrogen) atoms. The average Bonchev–Trinajstić information content (AvgIpc) is 2.63. The van der Waals surface area contributed by atoms with Crippen LogP contribution in [0, 0.1) is 18.2 Å². The summed E-state index contributed by atoms with van der Waals surface area (Å²) in [7, 11) is 1.66. The minimum Gasteiger partial charge on any atom is -0.384 e. The molecule has 2 saturated heterocycles. The number of ether oxygens (including phenoxy) is 1. The van der Waals surface area contributed by atoms with Crippen LogP contribution >= 0.6 is 0 Å². The van der Waals surface area contributed by atoms with Gasteiger partial charge in [-0.05, 0) is 69.5 Å². The van der Waals surface area contributed by atoms with Crippen LogP contribution in [0.1, 0.15) is 31.2 Å². The molecule has 1 unspecified atom stereocenters. The standard InChI is InChI=1S/C20H30FN3O2/c1-15-12-16(21)5-6-18(15)24-11-3-4-17(13-24)23-19(25)20(14-26-2)7-9-22-10-8-20/h5-6,12,17,22H,3-4,7-11,13-14H2,1-2H3,(H,23,25). The minimum absolute atomic E-state index is 0.114. The molecule has 6 heteroatoms. The van der Waals surface area contributed by atoms with Gasteiger partial charge >= 0.3 is 0 Å². The van der Waals surface area contributed by atoms with E-state index in [2.05, 4.69) is 15.5 Å². The van der Waals surface area contributed by atoms with Gasteiger partial charge in [-0.25, -0.2) is 4.39 Å². The summed E-state index contributed by atoms with van der Waals surface area (Å²) in [5.74, 6) is -0.0935. The van der Waals surface area contributed by atoms with E-state index in [0.29, 0.717) is 6.61 Å². The van der Waals surface area contributed by atoms with E-state index in [1.807, 2.05) is 13.0 Å². The molecule has 1 aromatic carbocycles. The summed E-state index contributed by atoms with van der Waals surface area (Å²) in [5.41, 5.74) is 1.57. The monoisotopic (exact) mass is 363 g/mol. The second kappa shape index (κ2) is 8.35. The number of piperidine rings is 2. The fraction of sp³-hybridized carbons (Fsp3) is 0.650. The van der Waals surface area contributed by atoms with E-state index in [4.69, 9.17) is 4.74 Å². The topological polar surface area (TPSA) is 53.6 Å². The number of amides is 1. The van der Waals surface area contributed by atoms with Gasteiger partial charge in [-0.2, -0.15) is 0 Å². The number of benzene rings is 1. The molecule has 2 heterocycles. The van der Waals surface area contributed by atoms with E-state index in [1.54, 1.807) is 13.2 Å². The summed E-state index contributed by atoms with van der Waals surface area (Å²) in [5, 5.41) is 6.60. The Labute approximate surface area is 155 Å². The largest absolute Gasteiger partial charge is 0.384 e. The van der Waals surface area contributed by atoms with Gasteiger partial charge in [0.25, 0.3) is 0 Å². The minimum atomic E-state index is -0.423. The smallest absolute Gasteiger partial charge is 0.228 e. The van der Waals surface area contributed by atoms with E-state index in [0.717, 1.165) is 63.1 Å². The molecule has 0 bridgehead atoms. The number of halogens is 1. The van der Waals surface area contributed by atoms with Crippen LogP contribution in [0.25, 0.3) is 0 Å². The molecule has 0 aliphatic carbocycles. The van der Waals surface area contributed by atoms with Gasteiger partial charge in [-0.1, -0.05) is 0 Å². The molecular formula is C20H30FN3O2. The fourth-order valence-corrected chi connectivity index (χ4v) is 4.24. The van der Waals surface area contributed by atoms with E-state index >= 15 is 0 Å². The highest BCUT2D eigenvalue weighted by atomic mass is 19.1. The number of nitrogens with one attached hydrogen (secondary N) is 2. The quantitative estimate of drug-likeness (QED) is 0.842. The molecule has 1 atom stereocenters. The van der Waals surface area contributed by atoms with Crippen molar-refractivity contribution in [3.63, 3.8) is 0 Å². The van der Waals surface area contributed by atoms with Crippen molar-refractivity contribution in [2.45, 2.75) is 38.6 Å². The Morgan fingerprint density at radius 1 is 1.42 bits per heavy atom. The normalized spacial score (nSPS) is 22.9. The van der Waals surface area contributed by atoms with Gasteiger partial charge < -0.3 is 20.3 Å². The molecule has 2 N–H and O–H groups in total. The van der Waals surface area contributed by atoms with Crippen LogP contribution in [0.15, 0.2) is 18.2 Å². The van der Waals surface area contributed by atoms with Crippen molar-refractivity contribution < 1.29 is 13.9 Å². The molecule has 1 amide bonds. The van der Waals surface area contributed by atoms with Crippen molar-refractivity contribution >= 4 is 11.6 Å². The molecule has 0 aromatic heterocycles. The number of anilines is 1. The number of nitrogens with zero attached hydrogens (tertiary/aromatic N) is 1. The molecule has 2 aliphatic rings. The van der Waals surface area contributed by atoms with E-state index < -0.39 is 5.41 Å². The summed E-state index contributed by atoms with van der Waals surface area (Å²) in [6.07, 6.45) is 3.60. The second-order valence-electron chi connectivity index (χ2n) is 7.65. The third kappa shape index (κ3) is 4.18. The first-order valence-electron chi connectivity index (χ1n) is 9.56. The Kier molecular flexibility index (Phi) is 6.14. The zero-order valence-corrected chi connectivity index (χ0v) is 15.8. The second-order valence-corrected chi connectivity index (χ2v) is 7.65. The van der Waals surface area contributed by atoms with Gasteiger partial charge in [-0.15, -0.1) is 0 Å². The number of carbonyl (C=O) groups is 1. The van der Waals surface area contributed by atoms with Crippen molar-refractivity contribution in [1.82, 2.24) is 10.6 Å². The molecule has 1 aromatic rings. The maximum Gasteiger partial charge on any atom is 0.228 e. The van der Waals surface area contributed by atoms with Crippen LogP contribution in [0.4, 0.5) is 10.1 Å². The summed E-state index contributed by atoms with van der Waals surface area (Å²) >= 11 is 0. The maximum atomic E-state index is 13.4. The number of aryl methyl sites for hydroxylation is 1. The first kappa shape index (κ1) is 19.1. The van der Waals surface area contributed by atoms with Crippen molar-refractivity contribution in [3.8, 4) is 0 Å². The Morgan fingerprint density at radius 2 is 2.19 bits per heavy atom. The molecule has 144 valence electrons. The summed E-state index contributed by atoms with van der Waals surface area (Å²) < 4.78 is 18.8. The summed E-state index contributed by atoms with van der Waals surface area (Å²) in [4.78, 5) is 15.3. The predicted octanol–water partition coefficient (Wildman–Crippen LogP) is 2.24. The van der Waals surface area contributed by atoms with Crippen molar-refractivity contribution in [2.24, 2.45) is 5.41 Å². The summed E-state index contributed by atoms with van der Waals surface area (Å²) in [6.45, 7) is 5.80. The molecule has 0 radical (unpaired) electrons. The van der Waals surface area contributed by atoms with E-state index in [1.165, 1.54) is 6.07 Å². The zero-order chi connectivity index (χ0) is 18.6. The third-order valence-electron chi connectivity index (χ3n) is 5.72. The first-order valence-corrected chi connectivity index (χ1v) is 9.56. The molecule has 5 nitrogen and oxygen atoms in total. The lowest BCUT2D eigenvalue weighted by Gasteiger charge is -2.40. The van der Waals surface area contributed by atoms with Gasteiger partial charge in [-0.3, -0.25) is 4.79 Å². The van der Waals surface area contributed by atoms with Crippen molar-refractivity contribution in [1.29, 1.82) is 0 Å². The highest BCUT2D eigenvalue weighted by molar-refractivity contribution is 5.83. The van der Waals surface area contributed by atoms with E-state index in [9.17, 15) is 9.18 Å². The highest BCUT2D eigenvalue weighted by Crippen LogP contribution is 2.30. The number of carbonyl (C=O) groups excluding carboxylic acids is 1. The van der Waals surface area contributed by atoms with Crippen LogP contribution in [-0.2, 0) is 9.53 Å². The Hall–Kier alpha value is -1.66. The predicted molar refractivity (Wildman–Crippen MR) is 101 cm³/mol. The van der Waals surface area contributed by atoms with Gasteiger partial charge in [0.2, 0.25) is 5.91 Å². The SMILES string of the molecule is COCC1(C(=O)NC2CCCN(c3ccc(F)cc3C)C2)CCNCC1. The van der Waals surface area contributed by atoms with Crippen LogP contribution in [0.5, 0.6) is 0 Å². The van der Waals surface area contributed by atoms with E-state index in [-0.39, 0.29) is 17.8 Å². The Bertz CT molecular complexity index is 626. The molecular weight excluding hydrogens is 333 g/mol. The molecule has 0 spiro atoms. The number of rotatable bonds is 5. The highest BCUT2D eigenvalue weighted by Gasteiger charge is 2.40. The van der Waals surface area contributed by atoms with Crippen LogP contribution in [0.3, 0.4) is 0 Å². The molecule has 3 rings (SSSR count). The van der Waals surface area contributed by atoms with Crippen molar-refractivity contribution in [2.75, 3.05) is 44.8 Å². The number of hydrogen-bond acceptors (Lipinski definition) is 4. The number of methoxy groups -OCH3 is 1. The fourth-order valence-electron chi connectivity index (χ4n) is 4.24. The van der Waals surface area contributed by atoms with Gasteiger partial charge in [0.15, 0.2) is 0 Å². The lowest BCUT2D eigenvalue weighted by Crippen LogP contribution is -2.55. The lowest BCUT2D eigenvalue weighted by molar-refractivity contribution is -0.137. The van der Waals surface area contributed by atoms with Crippen LogP contribution in [-0.4, -0.2) is 51.8 Å². The molecule has 2 fully saturated rings. The van der Waals surface area contributed by atoms with Gasteiger partial charge in [0.1, 0.15) is 5.82 Å². The first-order chi connectivity index (χ1) is 12.5. The third-order valence-corrected chi connectivity index (χ3v) is 5.72. The number of hydrogen-bond donors (Lipinski definition) is 2. The summed E-state index contributed by atoms with van der Waals surface area (Å²) in [6, 6.07) is 5.03. The molecule has 2 aliphatic heterocycles.